The van der Waals surface area contributed by atoms with E-state index in [-0.39, 0.29) is 10.6 Å². The molecular weight excluding hydrogens is 201 g/mol. The van der Waals surface area contributed by atoms with Gasteiger partial charge in [-0.05, 0) is 12.0 Å². The van der Waals surface area contributed by atoms with Crippen molar-refractivity contribution in [1.29, 1.82) is 0 Å². The van der Waals surface area contributed by atoms with Crippen molar-refractivity contribution >= 4 is 11.6 Å². The molecule has 0 N–H and O–H groups in total. The lowest BCUT2D eigenvalue weighted by molar-refractivity contribution is 0.472. The van der Waals surface area contributed by atoms with Crippen LogP contribution in [-0.2, 0) is 0 Å². The van der Waals surface area contributed by atoms with Crippen LogP contribution < -0.4 is 0 Å². The van der Waals surface area contributed by atoms with Gasteiger partial charge in [-0.2, -0.15) is 0 Å². The Kier molecular flexibility index (Phi) is 2.86. The third-order valence-corrected chi connectivity index (χ3v) is 2.00. The van der Waals surface area contributed by atoms with Crippen molar-refractivity contribution in [2.45, 2.75) is 19.8 Å². The average Bonchev–Trinajstić information content (AvgIpc) is 2.01. The van der Waals surface area contributed by atoms with E-state index in [4.69, 9.17) is 11.6 Å². The summed E-state index contributed by atoms with van der Waals surface area (Å²) in [4.78, 5) is 0. The van der Waals surface area contributed by atoms with Crippen molar-refractivity contribution < 1.29 is 13.2 Å². The Morgan fingerprint density at radius 3 is 2.15 bits per heavy atom. The van der Waals surface area contributed by atoms with Crippen molar-refractivity contribution in [3.05, 3.63) is 34.1 Å². The Morgan fingerprint density at radius 1 is 1.15 bits per heavy atom. The highest BCUT2D eigenvalue weighted by atomic mass is 35.5. The van der Waals surface area contributed by atoms with Crippen LogP contribution in [0.15, 0.2) is 6.07 Å². The van der Waals surface area contributed by atoms with Crippen LogP contribution in [0.3, 0.4) is 0 Å². The Morgan fingerprint density at radius 2 is 1.69 bits per heavy atom. The number of rotatable bonds is 1. The second kappa shape index (κ2) is 3.58. The fourth-order valence-electron chi connectivity index (χ4n) is 1.10. The normalized spacial score (nSPS) is 11.0. The molecule has 0 nitrogen and oxygen atoms in total. The van der Waals surface area contributed by atoms with Crippen molar-refractivity contribution in [2.75, 3.05) is 0 Å². The zero-order valence-corrected chi connectivity index (χ0v) is 7.92. The molecule has 1 rings (SSSR count). The van der Waals surface area contributed by atoms with Gasteiger partial charge in [0.15, 0.2) is 11.6 Å². The van der Waals surface area contributed by atoms with E-state index < -0.39 is 23.4 Å². The first kappa shape index (κ1) is 10.4. The summed E-state index contributed by atoms with van der Waals surface area (Å²) in [7, 11) is 0. The molecule has 0 aliphatic carbocycles. The Hall–Kier alpha value is -0.700. The SMILES string of the molecule is CC(C)c1c(F)c(F)cc(Cl)c1F. The standard InChI is InChI=1S/C9H8ClF3/c1-4(2)7-8(12)5(10)3-6(11)9(7)13/h3-4H,1-2H3. The smallest absolute Gasteiger partial charge is 0.165 e. The van der Waals surface area contributed by atoms with E-state index in [0.717, 1.165) is 0 Å². The molecule has 4 heteroatoms. The minimum Gasteiger partial charge on any atom is -0.205 e. The van der Waals surface area contributed by atoms with E-state index in [0.29, 0.717) is 6.07 Å². The number of halogens is 4. The first-order valence-electron chi connectivity index (χ1n) is 3.78. The van der Waals surface area contributed by atoms with Gasteiger partial charge >= 0.3 is 0 Å². The number of hydrogen-bond donors (Lipinski definition) is 0. The molecule has 72 valence electrons. The Labute approximate surface area is 79.3 Å². The summed E-state index contributed by atoms with van der Waals surface area (Å²) in [6.45, 7) is 3.13. The molecule has 0 fully saturated rings. The van der Waals surface area contributed by atoms with E-state index in [1.165, 1.54) is 0 Å². The fourth-order valence-corrected chi connectivity index (χ4v) is 1.30. The maximum Gasteiger partial charge on any atom is 0.165 e. The van der Waals surface area contributed by atoms with Gasteiger partial charge in [-0.15, -0.1) is 0 Å². The minimum atomic E-state index is -1.16. The van der Waals surface area contributed by atoms with Crippen molar-refractivity contribution in [2.24, 2.45) is 0 Å². The highest BCUT2D eigenvalue weighted by Gasteiger charge is 2.19. The first-order valence-corrected chi connectivity index (χ1v) is 4.15. The van der Waals surface area contributed by atoms with Crippen LogP contribution in [0, 0.1) is 17.5 Å². The van der Waals surface area contributed by atoms with Gasteiger partial charge in [0.2, 0.25) is 0 Å². The van der Waals surface area contributed by atoms with Gasteiger partial charge in [0.1, 0.15) is 5.82 Å². The summed E-state index contributed by atoms with van der Waals surface area (Å²) in [6, 6.07) is 0.637. The highest BCUT2D eigenvalue weighted by molar-refractivity contribution is 6.30. The summed E-state index contributed by atoms with van der Waals surface area (Å²) in [6.07, 6.45) is 0. The van der Waals surface area contributed by atoms with Gasteiger partial charge in [0.25, 0.3) is 0 Å². The number of hydrogen-bond acceptors (Lipinski definition) is 0. The zero-order chi connectivity index (χ0) is 10.2. The second-order valence-corrected chi connectivity index (χ2v) is 3.44. The maximum absolute atomic E-state index is 13.2. The molecule has 1 aromatic carbocycles. The average molecular weight is 209 g/mol. The molecule has 0 aliphatic heterocycles. The topological polar surface area (TPSA) is 0 Å². The predicted molar refractivity (Wildman–Crippen MR) is 45.4 cm³/mol. The maximum atomic E-state index is 13.2. The van der Waals surface area contributed by atoms with Crippen LogP contribution in [0.25, 0.3) is 0 Å². The van der Waals surface area contributed by atoms with Crippen LogP contribution in [0.2, 0.25) is 5.02 Å². The van der Waals surface area contributed by atoms with Crippen molar-refractivity contribution in [3.63, 3.8) is 0 Å². The van der Waals surface area contributed by atoms with Gasteiger partial charge in [0.05, 0.1) is 5.02 Å². The van der Waals surface area contributed by atoms with Gasteiger partial charge < -0.3 is 0 Å². The first-order chi connectivity index (χ1) is 5.95. The fraction of sp³-hybridized carbons (Fsp3) is 0.333. The largest absolute Gasteiger partial charge is 0.205 e. The monoisotopic (exact) mass is 208 g/mol. The minimum absolute atomic E-state index is 0.301. The Bertz CT molecular complexity index is 308. The number of benzene rings is 1. The van der Waals surface area contributed by atoms with E-state index in [9.17, 15) is 13.2 Å². The van der Waals surface area contributed by atoms with E-state index in [1.54, 1.807) is 13.8 Å². The lowest BCUT2D eigenvalue weighted by Crippen LogP contribution is -2.01. The molecule has 0 aromatic heterocycles. The van der Waals surface area contributed by atoms with E-state index in [1.807, 2.05) is 0 Å². The van der Waals surface area contributed by atoms with Crippen LogP contribution in [0.1, 0.15) is 25.3 Å². The van der Waals surface area contributed by atoms with Crippen LogP contribution in [0.4, 0.5) is 13.2 Å². The molecule has 0 bridgehead atoms. The summed E-state index contributed by atoms with van der Waals surface area (Å²) in [5.41, 5.74) is -0.301. The summed E-state index contributed by atoms with van der Waals surface area (Å²) < 4.78 is 38.9. The highest BCUT2D eigenvalue weighted by Crippen LogP contribution is 2.28. The lowest BCUT2D eigenvalue weighted by atomic mass is 10.0. The quantitative estimate of drug-likeness (QED) is 0.615. The molecule has 0 heterocycles. The molecule has 0 aliphatic rings. The molecule has 0 amide bonds. The van der Waals surface area contributed by atoms with Crippen molar-refractivity contribution in [1.82, 2.24) is 0 Å². The predicted octanol–water partition coefficient (Wildman–Crippen LogP) is 3.88. The van der Waals surface area contributed by atoms with Crippen LogP contribution >= 0.6 is 11.6 Å². The van der Waals surface area contributed by atoms with Crippen LogP contribution in [-0.4, -0.2) is 0 Å². The summed E-state index contributed by atoms with van der Waals surface area (Å²) >= 11 is 5.35. The van der Waals surface area contributed by atoms with E-state index >= 15 is 0 Å². The van der Waals surface area contributed by atoms with Crippen molar-refractivity contribution in [3.8, 4) is 0 Å². The van der Waals surface area contributed by atoms with Gasteiger partial charge in [0, 0.05) is 5.56 Å². The third kappa shape index (κ3) is 1.80. The molecule has 1 aromatic rings. The molecule has 0 saturated heterocycles. The Balaban J connectivity index is 3.46. The van der Waals surface area contributed by atoms with Gasteiger partial charge in [-0.1, -0.05) is 25.4 Å². The van der Waals surface area contributed by atoms with E-state index in [2.05, 4.69) is 0 Å². The molecule has 0 radical (unpaired) electrons. The van der Waals surface area contributed by atoms with Crippen LogP contribution in [0.5, 0.6) is 0 Å². The second-order valence-electron chi connectivity index (χ2n) is 3.04. The summed E-state index contributed by atoms with van der Waals surface area (Å²) in [5.74, 6) is -3.59. The third-order valence-electron chi connectivity index (χ3n) is 1.72. The molecular formula is C9H8ClF3. The zero-order valence-electron chi connectivity index (χ0n) is 7.17. The van der Waals surface area contributed by atoms with Gasteiger partial charge in [-0.3, -0.25) is 0 Å². The lowest BCUT2D eigenvalue weighted by Gasteiger charge is -2.09. The molecule has 0 spiro atoms. The molecule has 0 unspecified atom stereocenters. The van der Waals surface area contributed by atoms with Gasteiger partial charge in [-0.25, -0.2) is 13.2 Å². The molecule has 0 saturated carbocycles. The molecule has 13 heavy (non-hydrogen) atoms. The summed E-state index contributed by atoms with van der Waals surface area (Å²) in [5, 5.41) is -0.386. The molecule has 0 atom stereocenters.